The van der Waals surface area contributed by atoms with Crippen LogP contribution in [0.1, 0.15) is 48.5 Å². The van der Waals surface area contributed by atoms with E-state index in [1.807, 2.05) is 13.8 Å². The van der Waals surface area contributed by atoms with Gasteiger partial charge in [-0.3, -0.25) is 0 Å². The molecule has 0 aromatic rings. The molecule has 0 spiro atoms. The van der Waals surface area contributed by atoms with E-state index in [0.29, 0.717) is 6.61 Å². The molecule has 0 heterocycles. The van der Waals surface area contributed by atoms with E-state index < -0.39 is 13.9 Å². The van der Waals surface area contributed by atoms with Crippen molar-refractivity contribution in [1.82, 2.24) is 0 Å². The highest BCUT2D eigenvalue weighted by molar-refractivity contribution is 6.74. The van der Waals surface area contributed by atoms with Crippen molar-refractivity contribution in [2.24, 2.45) is 11.5 Å². The summed E-state index contributed by atoms with van der Waals surface area (Å²) in [5, 5.41) is 8.55. The molecule has 0 amide bonds. The number of rotatable bonds is 4. The van der Waals surface area contributed by atoms with Crippen LogP contribution in [0.3, 0.4) is 0 Å². The highest BCUT2D eigenvalue weighted by atomic mass is 28.4. The summed E-state index contributed by atoms with van der Waals surface area (Å²) in [6.07, 6.45) is 0. The van der Waals surface area contributed by atoms with Crippen molar-refractivity contribution in [2.75, 3.05) is 13.2 Å². The van der Waals surface area contributed by atoms with Gasteiger partial charge in [0.2, 0.25) is 0 Å². The fourth-order valence-electron chi connectivity index (χ4n) is 0.583. The van der Waals surface area contributed by atoms with Crippen LogP contribution in [0.4, 0.5) is 0 Å². The molecular formula is C14H36N2O2Si. The lowest BCUT2D eigenvalue weighted by atomic mass is 10.1. The Hall–Kier alpha value is 0.0569. The Kier molecular flexibility index (Phi) is 8.07. The average Bonchev–Trinajstić information content (AvgIpc) is 2.12. The monoisotopic (exact) mass is 292 g/mol. The van der Waals surface area contributed by atoms with Crippen molar-refractivity contribution < 1.29 is 9.53 Å². The van der Waals surface area contributed by atoms with E-state index in [2.05, 4.69) is 33.9 Å². The number of aliphatic hydroxyl groups is 1. The molecule has 0 fully saturated rings. The smallest absolute Gasteiger partial charge is 0.192 e. The maximum absolute atomic E-state index is 8.28. The van der Waals surface area contributed by atoms with Crippen molar-refractivity contribution in [3.63, 3.8) is 0 Å². The fraction of sp³-hybridized carbons (Fsp3) is 1.00. The fourth-order valence-corrected chi connectivity index (χ4v) is 1.75. The molecule has 5 heteroatoms. The van der Waals surface area contributed by atoms with Gasteiger partial charge in [-0.1, -0.05) is 20.8 Å². The molecule has 118 valence electrons. The van der Waals surface area contributed by atoms with Crippen LogP contribution in [0.2, 0.25) is 18.1 Å². The van der Waals surface area contributed by atoms with Crippen molar-refractivity contribution in [2.45, 2.75) is 77.7 Å². The number of hydrogen-bond acceptors (Lipinski definition) is 4. The second-order valence-corrected chi connectivity index (χ2v) is 13.0. The summed E-state index contributed by atoms with van der Waals surface area (Å²) in [6.45, 7) is 19.5. The molecular weight excluding hydrogens is 256 g/mol. The average molecular weight is 293 g/mol. The summed E-state index contributed by atoms with van der Waals surface area (Å²) >= 11 is 0. The zero-order chi connectivity index (χ0) is 16.1. The van der Waals surface area contributed by atoms with Crippen LogP contribution >= 0.6 is 0 Å². The highest BCUT2D eigenvalue weighted by Gasteiger charge is 2.37. The van der Waals surface area contributed by atoms with E-state index in [-0.39, 0.29) is 17.2 Å². The van der Waals surface area contributed by atoms with Gasteiger partial charge in [-0.15, -0.1) is 0 Å². The Labute approximate surface area is 121 Å². The minimum absolute atomic E-state index is 0.0486. The molecule has 0 aliphatic rings. The van der Waals surface area contributed by atoms with E-state index in [1.165, 1.54) is 0 Å². The first-order valence-electron chi connectivity index (χ1n) is 6.84. The third-order valence-electron chi connectivity index (χ3n) is 3.02. The van der Waals surface area contributed by atoms with E-state index in [9.17, 15) is 0 Å². The summed E-state index contributed by atoms with van der Waals surface area (Å²) in [7, 11) is -1.59. The normalized spacial score (nSPS) is 13.9. The van der Waals surface area contributed by atoms with Crippen molar-refractivity contribution in [3.8, 4) is 0 Å². The lowest BCUT2D eigenvalue weighted by Crippen LogP contribution is -2.47. The standard InChI is InChI=1S/C10H25NOSi.C4H11NO/c1-9(2,3)13(6,7)12-8-10(4,5)11;1-4(2,5)3-6/h8,11H2,1-7H3;6H,3,5H2,1-2H3. The van der Waals surface area contributed by atoms with Gasteiger partial charge in [0, 0.05) is 11.1 Å². The first-order chi connectivity index (χ1) is 8.02. The second-order valence-electron chi connectivity index (χ2n) is 8.18. The number of aliphatic hydroxyl groups excluding tert-OH is 1. The molecule has 0 aromatic heterocycles. The molecule has 0 aliphatic heterocycles. The topological polar surface area (TPSA) is 81.5 Å². The number of hydrogen-bond donors (Lipinski definition) is 3. The Morgan fingerprint density at radius 1 is 0.895 bits per heavy atom. The van der Waals surface area contributed by atoms with E-state index in [1.54, 1.807) is 13.8 Å². The van der Waals surface area contributed by atoms with Gasteiger partial charge in [0.25, 0.3) is 0 Å². The molecule has 0 bridgehead atoms. The van der Waals surface area contributed by atoms with Crippen LogP contribution < -0.4 is 11.5 Å². The SMILES string of the molecule is CC(C)(N)CO.CC(C)(N)CO[Si](C)(C)C(C)(C)C. The second kappa shape index (κ2) is 7.18. The summed E-state index contributed by atoms with van der Waals surface area (Å²) in [4.78, 5) is 0. The van der Waals surface area contributed by atoms with Crippen LogP contribution in [0, 0.1) is 0 Å². The van der Waals surface area contributed by atoms with Crippen molar-refractivity contribution in [3.05, 3.63) is 0 Å². The molecule has 0 saturated heterocycles. The van der Waals surface area contributed by atoms with Gasteiger partial charge in [-0.05, 0) is 45.8 Å². The van der Waals surface area contributed by atoms with Gasteiger partial charge in [0.15, 0.2) is 8.32 Å². The third kappa shape index (κ3) is 12.8. The molecule has 0 radical (unpaired) electrons. The van der Waals surface area contributed by atoms with Crippen LogP contribution in [0.25, 0.3) is 0 Å². The Bertz CT molecular complexity index is 248. The zero-order valence-corrected chi connectivity index (χ0v) is 15.4. The molecule has 0 atom stereocenters. The molecule has 5 N–H and O–H groups in total. The highest BCUT2D eigenvalue weighted by Crippen LogP contribution is 2.36. The first kappa shape index (κ1) is 21.4. The van der Waals surface area contributed by atoms with Gasteiger partial charge >= 0.3 is 0 Å². The van der Waals surface area contributed by atoms with Gasteiger partial charge in [0.1, 0.15) is 0 Å². The van der Waals surface area contributed by atoms with E-state index in [0.717, 1.165) is 0 Å². The molecule has 0 unspecified atom stereocenters. The molecule has 0 aliphatic carbocycles. The summed E-state index contributed by atoms with van der Waals surface area (Å²) < 4.78 is 5.97. The van der Waals surface area contributed by atoms with Gasteiger partial charge < -0.3 is 21.0 Å². The minimum Gasteiger partial charge on any atom is -0.415 e. The Balaban J connectivity index is 0. The van der Waals surface area contributed by atoms with Gasteiger partial charge in [-0.25, -0.2) is 0 Å². The minimum atomic E-state index is -1.59. The third-order valence-corrected chi connectivity index (χ3v) is 7.50. The van der Waals surface area contributed by atoms with Gasteiger partial charge in [-0.2, -0.15) is 0 Å². The number of nitrogens with two attached hydrogens (primary N) is 2. The predicted molar refractivity (Wildman–Crippen MR) is 86.8 cm³/mol. The Morgan fingerprint density at radius 3 is 1.37 bits per heavy atom. The van der Waals surface area contributed by atoms with Crippen molar-refractivity contribution in [1.29, 1.82) is 0 Å². The van der Waals surface area contributed by atoms with Crippen LogP contribution in [-0.4, -0.2) is 37.7 Å². The predicted octanol–water partition coefficient (Wildman–Crippen LogP) is 2.46. The van der Waals surface area contributed by atoms with Crippen LogP contribution in [0.5, 0.6) is 0 Å². The molecule has 19 heavy (non-hydrogen) atoms. The Morgan fingerprint density at radius 2 is 1.21 bits per heavy atom. The lowest BCUT2D eigenvalue weighted by molar-refractivity contribution is 0.221. The van der Waals surface area contributed by atoms with Crippen LogP contribution in [-0.2, 0) is 4.43 Å². The maximum atomic E-state index is 8.28. The largest absolute Gasteiger partial charge is 0.415 e. The maximum Gasteiger partial charge on any atom is 0.192 e. The van der Waals surface area contributed by atoms with E-state index >= 15 is 0 Å². The quantitative estimate of drug-likeness (QED) is 0.695. The zero-order valence-electron chi connectivity index (χ0n) is 14.4. The molecule has 0 saturated carbocycles. The molecule has 0 aromatic carbocycles. The van der Waals surface area contributed by atoms with Crippen LogP contribution in [0.15, 0.2) is 0 Å². The molecule has 4 nitrogen and oxygen atoms in total. The summed E-state index contributed by atoms with van der Waals surface area (Å²) in [5.74, 6) is 0. The molecule has 0 rings (SSSR count). The summed E-state index contributed by atoms with van der Waals surface area (Å²) in [6, 6.07) is 0. The van der Waals surface area contributed by atoms with E-state index in [4.69, 9.17) is 21.0 Å². The lowest BCUT2D eigenvalue weighted by Gasteiger charge is -2.38. The summed E-state index contributed by atoms with van der Waals surface area (Å²) in [5.41, 5.74) is 10.6. The van der Waals surface area contributed by atoms with Gasteiger partial charge in [0.05, 0.1) is 13.2 Å². The van der Waals surface area contributed by atoms with Crippen molar-refractivity contribution >= 4 is 8.32 Å². The first-order valence-corrected chi connectivity index (χ1v) is 9.75.